The van der Waals surface area contributed by atoms with E-state index >= 15 is 0 Å². The molecule has 0 aliphatic carbocycles. The van der Waals surface area contributed by atoms with Crippen LogP contribution in [0.3, 0.4) is 0 Å². The molecule has 1 heterocycles. The molecule has 1 fully saturated rings. The van der Waals surface area contributed by atoms with Crippen molar-refractivity contribution in [1.82, 2.24) is 10.2 Å². The molecule has 0 bridgehead atoms. The molecule has 0 aromatic heterocycles. The Kier molecular flexibility index (Phi) is 9.35. The number of esters is 1. The summed E-state index contributed by atoms with van der Waals surface area (Å²) in [4.78, 5) is 26.8. The summed E-state index contributed by atoms with van der Waals surface area (Å²) in [6.07, 6.45) is -4.85. The minimum atomic E-state index is -4.98. The molecule has 1 saturated heterocycles. The van der Waals surface area contributed by atoms with Crippen molar-refractivity contribution in [2.24, 2.45) is 5.73 Å². The van der Waals surface area contributed by atoms with Gasteiger partial charge < -0.3 is 25.9 Å². The number of rotatable bonds is 10. The predicted molar refractivity (Wildman–Crippen MR) is 111 cm³/mol. The number of alkyl halides is 3. The summed E-state index contributed by atoms with van der Waals surface area (Å²) in [7, 11) is 0. The fraction of sp³-hybridized carbons (Fsp3) is 0.476. The van der Waals surface area contributed by atoms with Crippen LogP contribution >= 0.6 is 0 Å². The van der Waals surface area contributed by atoms with Crippen LogP contribution in [0.1, 0.15) is 29.3 Å². The largest absolute Gasteiger partial charge is 0.454 e. The van der Waals surface area contributed by atoms with Gasteiger partial charge in [-0.3, -0.25) is 9.69 Å². The second kappa shape index (κ2) is 11.8. The summed E-state index contributed by atoms with van der Waals surface area (Å²) in [5.41, 5.74) is 3.03. The smallest absolute Gasteiger partial charge is 0.419 e. The highest BCUT2D eigenvalue weighted by Crippen LogP contribution is 2.32. The van der Waals surface area contributed by atoms with Crippen molar-refractivity contribution in [2.75, 3.05) is 46.0 Å². The molecule has 1 aliphatic rings. The molecule has 4 N–H and O–H groups in total. The number of morpholine rings is 1. The van der Waals surface area contributed by atoms with E-state index in [2.05, 4.69) is 10.2 Å². The Labute approximate surface area is 188 Å². The molecule has 0 radical (unpaired) electrons. The molecule has 12 heteroatoms. The van der Waals surface area contributed by atoms with Gasteiger partial charge in [-0.05, 0) is 18.6 Å². The summed E-state index contributed by atoms with van der Waals surface area (Å²) in [5.74, 6) is -4.14. The van der Waals surface area contributed by atoms with Crippen LogP contribution in [0.2, 0.25) is 0 Å². The number of nitrogens with one attached hydrogen (secondary N) is 2. The van der Waals surface area contributed by atoms with Gasteiger partial charge in [0.15, 0.2) is 6.61 Å². The predicted octanol–water partition coefficient (Wildman–Crippen LogP) is 2.09. The minimum Gasteiger partial charge on any atom is -0.454 e. The number of carbonyl (C=O) groups is 2. The first-order chi connectivity index (χ1) is 15.6. The van der Waals surface area contributed by atoms with E-state index < -0.39 is 41.5 Å². The van der Waals surface area contributed by atoms with Crippen molar-refractivity contribution in [3.05, 3.63) is 46.5 Å². The van der Waals surface area contributed by atoms with Crippen LogP contribution in [0.15, 0.2) is 29.6 Å². The molecule has 1 aromatic rings. The van der Waals surface area contributed by atoms with Gasteiger partial charge in [0.25, 0.3) is 0 Å². The van der Waals surface area contributed by atoms with Crippen LogP contribution in [0.25, 0.3) is 0 Å². The third kappa shape index (κ3) is 7.26. The highest BCUT2D eigenvalue weighted by atomic mass is 19.4. The average molecular weight is 474 g/mol. The third-order valence-electron chi connectivity index (χ3n) is 4.91. The number of hydrogen-bond acceptors (Lipinski definition) is 8. The molecule has 1 aromatic carbocycles. The maximum atomic E-state index is 14.1. The van der Waals surface area contributed by atoms with Gasteiger partial charge in [-0.25, -0.2) is 9.18 Å². The average Bonchev–Trinajstić information content (AvgIpc) is 2.77. The first-order valence-electron chi connectivity index (χ1n) is 10.2. The van der Waals surface area contributed by atoms with Gasteiger partial charge >= 0.3 is 12.1 Å². The van der Waals surface area contributed by atoms with Crippen LogP contribution in [0, 0.1) is 11.2 Å². The number of ether oxygens (including phenoxy) is 2. The first-order valence-corrected chi connectivity index (χ1v) is 10.2. The number of halogens is 4. The zero-order valence-corrected chi connectivity index (χ0v) is 18.1. The molecule has 8 nitrogen and oxygen atoms in total. The zero-order valence-electron chi connectivity index (χ0n) is 18.1. The Morgan fingerprint density at radius 1 is 1.27 bits per heavy atom. The van der Waals surface area contributed by atoms with Crippen molar-refractivity contribution in [2.45, 2.75) is 19.5 Å². The van der Waals surface area contributed by atoms with Crippen molar-refractivity contribution in [3.63, 3.8) is 0 Å². The van der Waals surface area contributed by atoms with Gasteiger partial charge in [0.2, 0.25) is 5.78 Å². The Balaban J connectivity index is 2.05. The van der Waals surface area contributed by atoms with Gasteiger partial charge in [0.05, 0.1) is 24.3 Å². The van der Waals surface area contributed by atoms with Crippen LogP contribution in [-0.4, -0.2) is 68.4 Å². The first kappa shape index (κ1) is 26.3. The number of hydrogen-bond donors (Lipinski definition) is 3. The molecule has 33 heavy (non-hydrogen) atoms. The summed E-state index contributed by atoms with van der Waals surface area (Å²) >= 11 is 0. The van der Waals surface area contributed by atoms with E-state index in [9.17, 15) is 27.2 Å². The monoisotopic (exact) mass is 474 g/mol. The summed E-state index contributed by atoms with van der Waals surface area (Å²) in [5, 5.41) is 10.8. The Bertz CT molecular complexity index is 912. The van der Waals surface area contributed by atoms with Crippen LogP contribution in [0.4, 0.5) is 17.6 Å². The van der Waals surface area contributed by atoms with E-state index in [1.165, 1.54) is 0 Å². The quantitative estimate of drug-likeness (QED) is 0.156. The van der Waals surface area contributed by atoms with E-state index in [1.807, 2.05) is 0 Å². The highest BCUT2D eigenvalue weighted by Gasteiger charge is 2.35. The summed E-state index contributed by atoms with van der Waals surface area (Å²) in [6.45, 7) is 4.30. The summed E-state index contributed by atoms with van der Waals surface area (Å²) in [6, 6.07) is 2.26. The standard InChI is InChI=1S/C21H26F4N4O4/c1-2-15(26)17(19(27)28-6-7-29-8-10-32-11-9-29)20(31)33-12-16(30)13-4-3-5-14(18(13)22)21(23,24)25/h3-5,26,28H,2,6-12,27H2,1H3/b19-17+,26-15?. The van der Waals surface area contributed by atoms with Gasteiger partial charge in [0.1, 0.15) is 17.2 Å². The molecule has 0 saturated carbocycles. The second-order valence-corrected chi connectivity index (χ2v) is 7.17. The molecular weight excluding hydrogens is 448 g/mol. The second-order valence-electron chi connectivity index (χ2n) is 7.17. The third-order valence-corrected chi connectivity index (χ3v) is 4.91. The molecule has 0 amide bonds. The number of benzene rings is 1. The molecular formula is C21H26F4N4O4. The van der Waals surface area contributed by atoms with E-state index in [-0.39, 0.29) is 23.5 Å². The SMILES string of the molecule is CCC(=N)/C(C(=O)OCC(=O)c1cccc(C(F)(F)F)c1F)=C(/N)NCCN1CCOCC1. The molecule has 0 unspecified atom stereocenters. The molecule has 0 spiro atoms. The van der Waals surface area contributed by atoms with Crippen LogP contribution in [0.5, 0.6) is 0 Å². The van der Waals surface area contributed by atoms with E-state index in [0.717, 1.165) is 25.2 Å². The topological polar surface area (TPSA) is 118 Å². The highest BCUT2D eigenvalue weighted by molar-refractivity contribution is 6.19. The van der Waals surface area contributed by atoms with Crippen LogP contribution in [-0.2, 0) is 20.4 Å². The molecule has 2 rings (SSSR count). The van der Waals surface area contributed by atoms with Gasteiger partial charge in [-0.1, -0.05) is 13.0 Å². The van der Waals surface area contributed by atoms with Crippen LogP contribution < -0.4 is 11.1 Å². The maximum absolute atomic E-state index is 14.1. The number of nitrogens with zero attached hydrogens (tertiary/aromatic N) is 1. The van der Waals surface area contributed by atoms with E-state index in [0.29, 0.717) is 32.4 Å². The van der Waals surface area contributed by atoms with Gasteiger partial charge in [-0.2, -0.15) is 13.2 Å². The number of carbonyl (C=O) groups excluding carboxylic acids is 2. The lowest BCUT2D eigenvalue weighted by Gasteiger charge is -2.26. The number of ketones is 1. The van der Waals surface area contributed by atoms with Gasteiger partial charge in [0, 0.05) is 31.9 Å². The van der Waals surface area contributed by atoms with Gasteiger partial charge in [-0.15, -0.1) is 0 Å². The van der Waals surface area contributed by atoms with E-state index in [1.54, 1.807) is 6.92 Å². The Hall–Kier alpha value is -2.99. The van der Waals surface area contributed by atoms with Crippen molar-refractivity contribution in [1.29, 1.82) is 5.41 Å². The Morgan fingerprint density at radius 2 is 1.94 bits per heavy atom. The van der Waals surface area contributed by atoms with Crippen molar-refractivity contribution >= 4 is 17.5 Å². The molecule has 0 atom stereocenters. The maximum Gasteiger partial charge on any atom is 0.419 e. The lowest BCUT2D eigenvalue weighted by Crippen LogP contribution is -2.41. The normalized spacial score (nSPS) is 15.5. The molecule has 1 aliphatic heterocycles. The van der Waals surface area contributed by atoms with Crippen molar-refractivity contribution < 1.29 is 36.6 Å². The lowest BCUT2D eigenvalue weighted by atomic mass is 10.1. The lowest BCUT2D eigenvalue weighted by molar-refractivity contribution is -0.140. The number of nitrogens with two attached hydrogens (primary N) is 1. The number of Topliss-reactive ketones (excluding diaryl/α,β-unsaturated/α-hetero) is 1. The fourth-order valence-electron chi connectivity index (χ4n) is 3.08. The summed E-state index contributed by atoms with van der Waals surface area (Å²) < 4.78 is 62.8. The fourth-order valence-corrected chi connectivity index (χ4v) is 3.08. The van der Waals surface area contributed by atoms with E-state index in [4.69, 9.17) is 20.6 Å². The Morgan fingerprint density at radius 3 is 2.55 bits per heavy atom. The molecule has 182 valence electrons. The minimum absolute atomic E-state index is 0.127. The van der Waals surface area contributed by atoms with Crippen molar-refractivity contribution in [3.8, 4) is 0 Å². The zero-order chi connectivity index (χ0) is 24.6.